The van der Waals surface area contributed by atoms with Gasteiger partial charge in [-0.25, -0.2) is 14.8 Å². The number of likely N-dealkylation sites (tertiary alicyclic amines) is 1. The molecule has 2 atom stereocenters. The van der Waals surface area contributed by atoms with Crippen molar-refractivity contribution in [3.63, 3.8) is 0 Å². The molecule has 5 rings (SSSR count). The zero-order valence-electron chi connectivity index (χ0n) is 20.6. The van der Waals surface area contributed by atoms with E-state index in [1.165, 1.54) is 17.2 Å². The third-order valence-corrected chi connectivity index (χ3v) is 7.12. The molecule has 2 unspecified atom stereocenters. The number of aldehydes is 1. The summed E-state index contributed by atoms with van der Waals surface area (Å²) in [4.78, 5) is 49.1. The van der Waals surface area contributed by atoms with E-state index in [1.807, 2.05) is 6.07 Å². The van der Waals surface area contributed by atoms with Gasteiger partial charge in [0.25, 0.3) is 0 Å². The smallest absolute Gasteiger partial charge is 0.328 e. The second kappa shape index (κ2) is 10.5. The highest BCUT2D eigenvalue weighted by Crippen LogP contribution is 2.32. The Hall–Kier alpha value is -4.04. The summed E-state index contributed by atoms with van der Waals surface area (Å²) >= 11 is 0. The molecule has 0 bridgehead atoms. The molecule has 1 saturated carbocycles. The van der Waals surface area contributed by atoms with E-state index in [0.717, 1.165) is 31.2 Å². The molecule has 1 N–H and O–H groups in total. The molecule has 1 aliphatic carbocycles. The maximum absolute atomic E-state index is 13.3. The number of rotatable bonds is 7. The van der Waals surface area contributed by atoms with E-state index in [0.29, 0.717) is 55.9 Å². The lowest BCUT2D eigenvalue weighted by Gasteiger charge is -2.35. The number of carbonyl (C=O) groups excluding carboxylic acids is 3. The summed E-state index contributed by atoms with van der Waals surface area (Å²) in [6.45, 7) is 1.42. The van der Waals surface area contributed by atoms with Gasteiger partial charge in [-0.05, 0) is 43.7 Å². The first kappa shape index (κ1) is 24.6. The first-order valence-electron chi connectivity index (χ1n) is 12.4. The second-order valence-electron chi connectivity index (χ2n) is 9.42. The largest absolute Gasteiger partial charge is 0.486 e. The standard InChI is InChI=1S/C26H28N6O5/c1-36-20-6-7-21(20)37-22-11-23(28-13-18(22)12-27)30-26(35)32-9-2-4-16-10-17(19(15-33)29-25(16)32)14-31-8-3-5-24(31)34/h10-11,13,15,20-21H,2-9,14H2,1H3,(H,28,30,35). The van der Waals surface area contributed by atoms with Gasteiger partial charge >= 0.3 is 6.03 Å². The van der Waals surface area contributed by atoms with Gasteiger partial charge in [-0.15, -0.1) is 0 Å². The Morgan fingerprint density at radius 1 is 1.24 bits per heavy atom. The number of ether oxygens (including phenoxy) is 2. The fourth-order valence-electron chi connectivity index (χ4n) is 4.93. The topological polar surface area (TPSA) is 138 Å². The van der Waals surface area contributed by atoms with Crippen molar-refractivity contribution in [1.82, 2.24) is 14.9 Å². The number of anilines is 2. The molecule has 2 aliphatic heterocycles. The SMILES string of the molecule is COC1CCC1Oc1cc(NC(=O)N2CCCc3cc(CN4CCCC4=O)c(C=O)nc32)ncc1C#N. The van der Waals surface area contributed by atoms with Crippen LogP contribution in [0.4, 0.5) is 16.4 Å². The van der Waals surface area contributed by atoms with Gasteiger partial charge in [0.15, 0.2) is 6.29 Å². The van der Waals surface area contributed by atoms with Crippen LogP contribution < -0.4 is 15.0 Å². The van der Waals surface area contributed by atoms with E-state index in [1.54, 1.807) is 12.0 Å². The zero-order chi connectivity index (χ0) is 25.9. The van der Waals surface area contributed by atoms with Gasteiger partial charge in [0.2, 0.25) is 5.91 Å². The maximum Gasteiger partial charge on any atom is 0.328 e. The van der Waals surface area contributed by atoms with Crippen LogP contribution in [0, 0.1) is 11.3 Å². The molecule has 2 aromatic heterocycles. The number of methoxy groups -OCH3 is 1. The quantitative estimate of drug-likeness (QED) is 0.568. The predicted octanol–water partition coefficient (Wildman–Crippen LogP) is 2.82. The minimum Gasteiger partial charge on any atom is -0.486 e. The zero-order valence-corrected chi connectivity index (χ0v) is 20.6. The minimum absolute atomic E-state index is 0.0332. The first-order valence-corrected chi connectivity index (χ1v) is 12.4. The summed E-state index contributed by atoms with van der Waals surface area (Å²) in [6, 6.07) is 5.03. The van der Waals surface area contributed by atoms with Crippen LogP contribution in [-0.4, -0.2) is 65.5 Å². The Labute approximate surface area is 214 Å². The number of amides is 3. The predicted molar refractivity (Wildman–Crippen MR) is 132 cm³/mol. The van der Waals surface area contributed by atoms with Crippen molar-refractivity contribution in [2.45, 2.75) is 57.3 Å². The number of pyridine rings is 2. The van der Waals surface area contributed by atoms with Crippen LogP contribution in [0.1, 0.15) is 59.3 Å². The summed E-state index contributed by atoms with van der Waals surface area (Å²) < 4.78 is 11.3. The maximum atomic E-state index is 13.3. The van der Waals surface area contributed by atoms with E-state index < -0.39 is 6.03 Å². The summed E-state index contributed by atoms with van der Waals surface area (Å²) in [6.07, 6.45) is 6.31. The Kier molecular flexibility index (Phi) is 7.01. The van der Waals surface area contributed by atoms with Crippen LogP contribution in [0.5, 0.6) is 5.75 Å². The van der Waals surface area contributed by atoms with Crippen molar-refractivity contribution in [3.8, 4) is 11.8 Å². The Morgan fingerprint density at radius 3 is 2.73 bits per heavy atom. The van der Waals surface area contributed by atoms with Crippen molar-refractivity contribution in [1.29, 1.82) is 5.26 Å². The number of hydrogen-bond donors (Lipinski definition) is 1. The van der Waals surface area contributed by atoms with E-state index in [4.69, 9.17) is 9.47 Å². The van der Waals surface area contributed by atoms with Crippen LogP contribution in [0.15, 0.2) is 18.3 Å². The molecular formula is C26H28N6O5. The first-order chi connectivity index (χ1) is 18.0. The number of aryl methyl sites for hydroxylation is 1. The number of fused-ring (bicyclic) bond motifs is 1. The molecule has 0 radical (unpaired) electrons. The van der Waals surface area contributed by atoms with Crippen LogP contribution in [0.3, 0.4) is 0 Å². The van der Waals surface area contributed by atoms with Crippen molar-refractivity contribution >= 4 is 29.9 Å². The van der Waals surface area contributed by atoms with Crippen LogP contribution in [0.25, 0.3) is 0 Å². The summed E-state index contributed by atoms with van der Waals surface area (Å²) in [5.41, 5.74) is 2.02. The number of carbonyl (C=O) groups is 3. The lowest BCUT2D eigenvalue weighted by molar-refractivity contribution is -0.128. The van der Waals surface area contributed by atoms with E-state index in [-0.39, 0.29) is 35.2 Å². The second-order valence-corrected chi connectivity index (χ2v) is 9.42. The summed E-state index contributed by atoms with van der Waals surface area (Å²) in [5.74, 6) is 1.06. The van der Waals surface area contributed by atoms with Gasteiger partial charge < -0.3 is 14.4 Å². The summed E-state index contributed by atoms with van der Waals surface area (Å²) in [5, 5.41) is 12.2. The molecule has 192 valence electrons. The number of hydrogen-bond acceptors (Lipinski definition) is 8. The fraction of sp³-hybridized carbons (Fsp3) is 0.462. The van der Waals surface area contributed by atoms with Crippen molar-refractivity contribution in [3.05, 3.63) is 40.7 Å². The molecule has 37 heavy (non-hydrogen) atoms. The van der Waals surface area contributed by atoms with E-state index in [2.05, 4.69) is 21.4 Å². The number of nitrogens with zero attached hydrogens (tertiary/aromatic N) is 5. The highest BCUT2D eigenvalue weighted by Gasteiger charge is 2.34. The van der Waals surface area contributed by atoms with E-state index >= 15 is 0 Å². The molecule has 0 aromatic carbocycles. The number of urea groups is 1. The van der Waals surface area contributed by atoms with Crippen LogP contribution >= 0.6 is 0 Å². The highest BCUT2D eigenvalue weighted by molar-refractivity contribution is 6.01. The van der Waals surface area contributed by atoms with Crippen molar-refractivity contribution in [2.24, 2.45) is 0 Å². The van der Waals surface area contributed by atoms with Gasteiger partial charge in [-0.1, -0.05) is 0 Å². The Bertz CT molecular complexity index is 1270. The summed E-state index contributed by atoms with van der Waals surface area (Å²) in [7, 11) is 1.62. The third-order valence-electron chi connectivity index (χ3n) is 7.12. The monoisotopic (exact) mass is 504 g/mol. The number of nitrogens with one attached hydrogen (secondary N) is 1. The van der Waals surface area contributed by atoms with Crippen molar-refractivity contribution < 1.29 is 23.9 Å². The van der Waals surface area contributed by atoms with Crippen LogP contribution in [-0.2, 0) is 22.5 Å². The minimum atomic E-state index is -0.450. The number of aromatic nitrogens is 2. The fourth-order valence-corrected chi connectivity index (χ4v) is 4.93. The molecule has 3 amide bonds. The lowest BCUT2D eigenvalue weighted by atomic mass is 9.92. The molecule has 11 nitrogen and oxygen atoms in total. The Morgan fingerprint density at radius 2 is 2.05 bits per heavy atom. The molecule has 3 aliphatic rings. The normalized spacial score (nSPS) is 20.6. The van der Waals surface area contributed by atoms with Gasteiger partial charge in [-0.3, -0.25) is 19.8 Å². The highest BCUT2D eigenvalue weighted by atomic mass is 16.5. The molecule has 0 spiro atoms. The third kappa shape index (κ3) is 4.97. The van der Waals surface area contributed by atoms with E-state index in [9.17, 15) is 19.6 Å². The van der Waals surface area contributed by atoms with Gasteiger partial charge in [0.1, 0.15) is 40.8 Å². The molecule has 4 heterocycles. The molecular weight excluding hydrogens is 476 g/mol. The van der Waals surface area contributed by atoms with Crippen LogP contribution in [0.2, 0.25) is 0 Å². The van der Waals surface area contributed by atoms with Crippen molar-refractivity contribution in [2.75, 3.05) is 30.4 Å². The molecule has 1 saturated heterocycles. The molecule has 11 heteroatoms. The average molecular weight is 505 g/mol. The molecule has 2 aromatic rings. The lowest BCUT2D eigenvalue weighted by Crippen LogP contribution is -2.42. The Balaban J connectivity index is 1.35. The number of nitriles is 1. The molecule has 2 fully saturated rings. The van der Waals surface area contributed by atoms with Gasteiger partial charge in [-0.2, -0.15) is 5.26 Å². The van der Waals surface area contributed by atoms with Gasteiger partial charge in [0, 0.05) is 44.8 Å². The van der Waals surface area contributed by atoms with Gasteiger partial charge in [0.05, 0.1) is 12.3 Å². The average Bonchev–Trinajstić information content (AvgIpc) is 3.30.